The third kappa shape index (κ3) is 3.39. The molecule has 0 radical (unpaired) electrons. The first-order chi connectivity index (χ1) is 10.3. The van der Waals surface area contributed by atoms with Crippen LogP contribution in [0.25, 0.3) is 11.4 Å². The van der Waals surface area contributed by atoms with Gasteiger partial charge in [-0.1, -0.05) is 30.3 Å². The van der Waals surface area contributed by atoms with E-state index in [1.807, 2.05) is 54.6 Å². The number of hydrogen-bond donors (Lipinski definition) is 2. The predicted octanol–water partition coefficient (Wildman–Crippen LogP) is 2.68. The van der Waals surface area contributed by atoms with Crippen LogP contribution in [0.1, 0.15) is 5.82 Å². The van der Waals surface area contributed by atoms with Crippen molar-refractivity contribution in [2.75, 3.05) is 12.3 Å². The van der Waals surface area contributed by atoms with E-state index in [9.17, 15) is 0 Å². The van der Waals surface area contributed by atoms with E-state index in [-0.39, 0.29) is 0 Å². The quantitative estimate of drug-likeness (QED) is 0.704. The van der Waals surface area contributed by atoms with Gasteiger partial charge in [0.2, 0.25) is 0 Å². The minimum atomic E-state index is 0.551. The number of anilines is 1. The third-order valence-electron chi connectivity index (χ3n) is 3.03. The molecule has 0 aliphatic rings. The van der Waals surface area contributed by atoms with Crippen LogP contribution in [-0.2, 0) is 6.42 Å². The maximum absolute atomic E-state index is 5.76. The van der Waals surface area contributed by atoms with Crippen LogP contribution in [0.4, 0.5) is 5.69 Å². The molecule has 106 valence electrons. The Bertz CT molecular complexity index is 709. The van der Waals surface area contributed by atoms with Crippen molar-refractivity contribution < 1.29 is 4.74 Å². The Hall–Kier alpha value is -2.82. The minimum Gasteiger partial charge on any atom is -0.493 e. The minimum absolute atomic E-state index is 0.551. The number of nitrogens with zero attached hydrogens (tertiary/aromatic N) is 2. The van der Waals surface area contributed by atoms with Gasteiger partial charge in [0.05, 0.1) is 6.61 Å². The lowest BCUT2D eigenvalue weighted by molar-refractivity contribution is 0.319. The zero-order valence-electron chi connectivity index (χ0n) is 11.5. The van der Waals surface area contributed by atoms with Crippen molar-refractivity contribution in [1.82, 2.24) is 15.2 Å². The molecule has 0 saturated heterocycles. The van der Waals surface area contributed by atoms with Crippen LogP contribution >= 0.6 is 0 Å². The topological polar surface area (TPSA) is 76.8 Å². The van der Waals surface area contributed by atoms with Crippen molar-refractivity contribution in [3.05, 3.63) is 60.4 Å². The Morgan fingerprint density at radius 3 is 2.71 bits per heavy atom. The second-order valence-electron chi connectivity index (χ2n) is 4.64. The van der Waals surface area contributed by atoms with Crippen LogP contribution in [-0.4, -0.2) is 21.8 Å². The van der Waals surface area contributed by atoms with Crippen molar-refractivity contribution in [2.24, 2.45) is 0 Å². The van der Waals surface area contributed by atoms with Crippen molar-refractivity contribution in [1.29, 1.82) is 0 Å². The predicted molar refractivity (Wildman–Crippen MR) is 81.9 cm³/mol. The number of ether oxygens (including phenoxy) is 1. The van der Waals surface area contributed by atoms with Gasteiger partial charge in [0.1, 0.15) is 11.6 Å². The lowest BCUT2D eigenvalue weighted by Gasteiger charge is -2.03. The van der Waals surface area contributed by atoms with Crippen LogP contribution in [0.3, 0.4) is 0 Å². The monoisotopic (exact) mass is 280 g/mol. The maximum Gasteiger partial charge on any atom is 0.181 e. The highest BCUT2D eigenvalue weighted by atomic mass is 16.5. The largest absolute Gasteiger partial charge is 0.493 e. The van der Waals surface area contributed by atoms with E-state index in [0.717, 1.165) is 17.1 Å². The number of nitrogen functional groups attached to an aromatic ring is 1. The molecule has 0 spiro atoms. The molecule has 5 nitrogen and oxygen atoms in total. The van der Waals surface area contributed by atoms with Crippen molar-refractivity contribution >= 4 is 5.69 Å². The van der Waals surface area contributed by atoms with E-state index in [0.29, 0.717) is 24.5 Å². The van der Waals surface area contributed by atoms with Gasteiger partial charge in [-0.15, -0.1) is 0 Å². The number of nitrogens with one attached hydrogen (secondary N) is 1. The SMILES string of the molecule is Nc1cccc(-c2n[nH]c(CCOc3ccccc3)n2)c1. The van der Waals surface area contributed by atoms with Crippen molar-refractivity contribution in [3.8, 4) is 17.1 Å². The molecule has 0 aliphatic carbocycles. The highest BCUT2D eigenvalue weighted by Crippen LogP contribution is 2.17. The maximum atomic E-state index is 5.76. The van der Waals surface area contributed by atoms with E-state index in [4.69, 9.17) is 10.5 Å². The van der Waals surface area contributed by atoms with Crippen LogP contribution in [0.5, 0.6) is 5.75 Å². The molecule has 0 bridgehead atoms. The van der Waals surface area contributed by atoms with Crippen molar-refractivity contribution in [2.45, 2.75) is 6.42 Å². The molecule has 3 N–H and O–H groups in total. The van der Waals surface area contributed by atoms with Gasteiger partial charge < -0.3 is 10.5 Å². The number of rotatable bonds is 5. The lowest BCUT2D eigenvalue weighted by atomic mass is 10.2. The Balaban J connectivity index is 1.60. The van der Waals surface area contributed by atoms with Gasteiger partial charge in [0.25, 0.3) is 0 Å². The first-order valence-corrected chi connectivity index (χ1v) is 6.76. The summed E-state index contributed by atoms with van der Waals surface area (Å²) < 4.78 is 5.64. The Morgan fingerprint density at radius 1 is 1.05 bits per heavy atom. The Morgan fingerprint density at radius 2 is 1.90 bits per heavy atom. The summed E-state index contributed by atoms with van der Waals surface area (Å²) in [6.45, 7) is 0.551. The normalized spacial score (nSPS) is 10.5. The summed E-state index contributed by atoms with van der Waals surface area (Å²) in [5.41, 5.74) is 7.37. The number of aromatic nitrogens is 3. The standard InChI is InChI=1S/C16H16N4O/c17-13-6-4-5-12(11-13)16-18-15(19-20-16)9-10-21-14-7-2-1-3-8-14/h1-8,11H,9-10,17H2,(H,18,19,20). The second kappa shape index (κ2) is 6.09. The van der Waals surface area contributed by atoms with E-state index >= 15 is 0 Å². The fourth-order valence-corrected chi connectivity index (χ4v) is 2.00. The van der Waals surface area contributed by atoms with E-state index < -0.39 is 0 Å². The smallest absolute Gasteiger partial charge is 0.181 e. The van der Waals surface area contributed by atoms with E-state index in [2.05, 4.69) is 15.2 Å². The molecule has 1 heterocycles. The van der Waals surface area contributed by atoms with Crippen LogP contribution in [0, 0.1) is 0 Å². The first-order valence-electron chi connectivity index (χ1n) is 6.76. The molecule has 1 aromatic heterocycles. The summed E-state index contributed by atoms with van der Waals surface area (Å²) in [5.74, 6) is 2.30. The molecule has 2 aromatic carbocycles. The highest BCUT2D eigenvalue weighted by molar-refractivity contribution is 5.60. The van der Waals surface area contributed by atoms with Gasteiger partial charge in [-0.05, 0) is 24.3 Å². The van der Waals surface area contributed by atoms with Crippen LogP contribution in [0.15, 0.2) is 54.6 Å². The summed E-state index contributed by atoms with van der Waals surface area (Å²) in [7, 11) is 0. The molecular weight excluding hydrogens is 264 g/mol. The van der Waals surface area contributed by atoms with Crippen LogP contribution in [0.2, 0.25) is 0 Å². The Labute approximate surface area is 122 Å². The average molecular weight is 280 g/mol. The highest BCUT2D eigenvalue weighted by Gasteiger charge is 2.06. The van der Waals surface area contributed by atoms with Gasteiger partial charge in [-0.25, -0.2) is 4.98 Å². The molecule has 21 heavy (non-hydrogen) atoms. The molecule has 0 saturated carbocycles. The molecular formula is C16H16N4O. The number of para-hydroxylation sites is 1. The molecule has 3 aromatic rings. The fourth-order valence-electron chi connectivity index (χ4n) is 2.00. The first kappa shape index (κ1) is 13.2. The van der Waals surface area contributed by atoms with Gasteiger partial charge in [0.15, 0.2) is 5.82 Å². The summed E-state index contributed by atoms with van der Waals surface area (Å²) >= 11 is 0. The molecule has 3 rings (SSSR count). The molecule has 0 fully saturated rings. The number of aromatic amines is 1. The number of benzene rings is 2. The second-order valence-corrected chi connectivity index (χ2v) is 4.64. The summed E-state index contributed by atoms with van der Waals surface area (Å²) in [4.78, 5) is 4.45. The Kier molecular flexibility index (Phi) is 3.82. The fraction of sp³-hybridized carbons (Fsp3) is 0.125. The molecule has 5 heteroatoms. The number of H-pyrrole nitrogens is 1. The van der Waals surface area contributed by atoms with E-state index in [1.54, 1.807) is 0 Å². The number of nitrogens with two attached hydrogens (primary N) is 1. The molecule has 0 amide bonds. The zero-order valence-corrected chi connectivity index (χ0v) is 11.5. The average Bonchev–Trinajstić information content (AvgIpc) is 2.97. The zero-order chi connectivity index (χ0) is 14.5. The molecule has 0 aliphatic heterocycles. The summed E-state index contributed by atoms with van der Waals surface area (Å²) in [6, 6.07) is 17.2. The van der Waals surface area contributed by atoms with Crippen LogP contribution < -0.4 is 10.5 Å². The van der Waals surface area contributed by atoms with E-state index in [1.165, 1.54) is 0 Å². The van der Waals surface area contributed by atoms with Gasteiger partial charge in [-0.2, -0.15) is 5.10 Å². The van der Waals surface area contributed by atoms with Crippen molar-refractivity contribution in [3.63, 3.8) is 0 Å². The van der Waals surface area contributed by atoms with Gasteiger partial charge in [0, 0.05) is 17.7 Å². The lowest BCUT2D eigenvalue weighted by Crippen LogP contribution is -2.02. The molecule has 0 atom stereocenters. The number of hydrogen-bond acceptors (Lipinski definition) is 4. The van der Waals surface area contributed by atoms with Gasteiger partial charge >= 0.3 is 0 Å². The molecule has 0 unspecified atom stereocenters. The third-order valence-corrected chi connectivity index (χ3v) is 3.03. The summed E-state index contributed by atoms with van der Waals surface area (Å²) in [5, 5.41) is 7.13. The van der Waals surface area contributed by atoms with Gasteiger partial charge in [-0.3, -0.25) is 5.10 Å². The summed E-state index contributed by atoms with van der Waals surface area (Å²) in [6.07, 6.45) is 0.671.